The topological polar surface area (TPSA) is 75.7 Å². The number of hydrogen-bond acceptors (Lipinski definition) is 4. The molecule has 1 aromatic rings. The highest BCUT2D eigenvalue weighted by Gasteiger charge is 2.32. The number of amides is 1. The number of para-hydroxylation sites is 2. The van der Waals surface area contributed by atoms with Crippen LogP contribution in [0.15, 0.2) is 24.3 Å². The first-order valence-corrected chi connectivity index (χ1v) is 10.0. The Hall–Kier alpha value is -1.60. The molecule has 1 heterocycles. The molecular weight excluding hydrogens is 328 g/mol. The number of unbranched alkanes of at least 4 members (excludes halogenated alkanes) is 1. The van der Waals surface area contributed by atoms with Crippen molar-refractivity contribution in [3.63, 3.8) is 0 Å². The fraction of sp³-hybridized carbons (Fsp3) is 0.588. The number of carbonyl (C=O) groups excluding carboxylic acids is 1. The summed E-state index contributed by atoms with van der Waals surface area (Å²) in [6.45, 7) is 2.73. The molecule has 0 aromatic heterocycles. The summed E-state index contributed by atoms with van der Waals surface area (Å²) in [5, 5.41) is 2.86. The Kier molecular flexibility index (Phi) is 6.62. The van der Waals surface area contributed by atoms with Gasteiger partial charge in [-0.2, -0.15) is 0 Å². The molecule has 1 amide bonds. The summed E-state index contributed by atoms with van der Waals surface area (Å²) in [5.41, 5.74) is 0.607. The lowest BCUT2D eigenvalue weighted by Gasteiger charge is -2.31. The SMILES string of the molecule is CCCCS(=O)(=O)N1CCC[C@H](C(=O)Nc2ccccc2OC)C1. The lowest BCUT2D eigenvalue weighted by Crippen LogP contribution is -2.44. The van der Waals surface area contributed by atoms with E-state index in [4.69, 9.17) is 4.74 Å². The van der Waals surface area contributed by atoms with Crippen molar-refractivity contribution in [3.05, 3.63) is 24.3 Å². The molecule has 0 bridgehead atoms. The van der Waals surface area contributed by atoms with Gasteiger partial charge in [0.15, 0.2) is 0 Å². The van der Waals surface area contributed by atoms with Gasteiger partial charge < -0.3 is 10.1 Å². The second-order valence-electron chi connectivity index (χ2n) is 6.06. The van der Waals surface area contributed by atoms with Crippen molar-refractivity contribution < 1.29 is 17.9 Å². The number of nitrogens with zero attached hydrogens (tertiary/aromatic N) is 1. The van der Waals surface area contributed by atoms with Crippen LogP contribution >= 0.6 is 0 Å². The van der Waals surface area contributed by atoms with Crippen LogP contribution in [0.25, 0.3) is 0 Å². The summed E-state index contributed by atoms with van der Waals surface area (Å²) >= 11 is 0. The molecule has 7 heteroatoms. The summed E-state index contributed by atoms with van der Waals surface area (Å²) in [6.07, 6.45) is 2.89. The van der Waals surface area contributed by atoms with E-state index in [-0.39, 0.29) is 24.1 Å². The van der Waals surface area contributed by atoms with Gasteiger partial charge in [0.2, 0.25) is 15.9 Å². The van der Waals surface area contributed by atoms with E-state index < -0.39 is 10.0 Å². The van der Waals surface area contributed by atoms with Crippen molar-refractivity contribution in [2.24, 2.45) is 5.92 Å². The fourth-order valence-electron chi connectivity index (χ4n) is 2.85. The third-order valence-corrected chi connectivity index (χ3v) is 6.19. The van der Waals surface area contributed by atoms with Crippen molar-refractivity contribution in [3.8, 4) is 5.75 Å². The Morgan fingerprint density at radius 1 is 1.38 bits per heavy atom. The summed E-state index contributed by atoms with van der Waals surface area (Å²) in [4.78, 5) is 12.5. The smallest absolute Gasteiger partial charge is 0.228 e. The van der Waals surface area contributed by atoms with Gasteiger partial charge in [-0.3, -0.25) is 4.79 Å². The molecule has 1 aliphatic rings. The molecule has 1 N–H and O–H groups in total. The summed E-state index contributed by atoms with van der Waals surface area (Å²) in [6, 6.07) is 7.20. The molecular formula is C17H26N2O4S. The highest BCUT2D eigenvalue weighted by molar-refractivity contribution is 7.89. The number of piperidine rings is 1. The molecule has 2 rings (SSSR count). The van der Waals surface area contributed by atoms with Gasteiger partial charge in [-0.25, -0.2) is 12.7 Å². The third kappa shape index (κ3) is 4.70. The largest absolute Gasteiger partial charge is 0.495 e. The maximum atomic E-state index is 12.5. The van der Waals surface area contributed by atoms with Crippen LogP contribution in [0.1, 0.15) is 32.6 Å². The van der Waals surface area contributed by atoms with Crippen molar-refractivity contribution >= 4 is 21.6 Å². The third-order valence-electron chi connectivity index (χ3n) is 4.27. The Balaban J connectivity index is 2.02. The Morgan fingerprint density at radius 2 is 2.12 bits per heavy atom. The first-order chi connectivity index (χ1) is 11.5. The molecule has 1 fully saturated rings. The average Bonchev–Trinajstić information content (AvgIpc) is 2.60. The summed E-state index contributed by atoms with van der Waals surface area (Å²) in [7, 11) is -1.72. The van der Waals surface area contributed by atoms with Gasteiger partial charge in [0.05, 0.1) is 24.5 Å². The van der Waals surface area contributed by atoms with Gasteiger partial charge in [-0.05, 0) is 31.4 Å². The van der Waals surface area contributed by atoms with Crippen molar-refractivity contribution in [2.45, 2.75) is 32.6 Å². The van der Waals surface area contributed by atoms with Gasteiger partial charge in [0.1, 0.15) is 5.75 Å². The molecule has 0 radical (unpaired) electrons. The van der Waals surface area contributed by atoms with Crippen LogP contribution in [0.3, 0.4) is 0 Å². The fourth-order valence-corrected chi connectivity index (χ4v) is 4.57. The molecule has 24 heavy (non-hydrogen) atoms. The Bertz CT molecular complexity index is 660. The quantitative estimate of drug-likeness (QED) is 0.816. The van der Waals surface area contributed by atoms with Crippen molar-refractivity contribution in [2.75, 3.05) is 31.3 Å². The van der Waals surface area contributed by atoms with Crippen LogP contribution < -0.4 is 10.1 Å². The minimum atomic E-state index is -3.27. The highest BCUT2D eigenvalue weighted by Crippen LogP contribution is 2.26. The van der Waals surface area contributed by atoms with Gasteiger partial charge in [0, 0.05) is 13.1 Å². The van der Waals surface area contributed by atoms with E-state index >= 15 is 0 Å². The van der Waals surface area contributed by atoms with E-state index in [1.807, 2.05) is 19.1 Å². The molecule has 0 aliphatic carbocycles. The molecule has 1 aliphatic heterocycles. The number of benzene rings is 1. The van der Waals surface area contributed by atoms with Gasteiger partial charge in [0.25, 0.3) is 0 Å². The van der Waals surface area contributed by atoms with Crippen molar-refractivity contribution in [1.29, 1.82) is 0 Å². The number of ether oxygens (including phenoxy) is 1. The van der Waals surface area contributed by atoms with Gasteiger partial charge >= 0.3 is 0 Å². The van der Waals surface area contributed by atoms with E-state index in [0.29, 0.717) is 37.2 Å². The highest BCUT2D eigenvalue weighted by atomic mass is 32.2. The number of sulfonamides is 1. The summed E-state index contributed by atoms with van der Waals surface area (Å²) < 4.78 is 31.4. The second kappa shape index (κ2) is 8.48. The van der Waals surface area contributed by atoms with E-state index in [1.165, 1.54) is 4.31 Å². The zero-order chi connectivity index (χ0) is 17.6. The predicted molar refractivity (Wildman–Crippen MR) is 94.6 cm³/mol. The number of carbonyl (C=O) groups is 1. The Morgan fingerprint density at radius 3 is 2.83 bits per heavy atom. The molecule has 1 atom stereocenters. The Labute approximate surface area is 144 Å². The monoisotopic (exact) mass is 354 g/mol. The second-order valence-corrected chi connectivity index (χ2v) is 8.14. The van der Waals surface area contributed by atoms with E-state index in [1.54, 1.807) is 19.2 Å². The molecule has 134 valence electrons. The van der Waals surface area contributed by atoms with E-state index in [0.717, 1.165) is 6.42 Å². The number of hydrogen-bond donors (Lipinski definition) is 1. The van der Waals surface area contributed by atoms with Crippen LogP contribution in [-0.4, -0.2) is 44.6 Å². The van der Waals surface area contributed by atoms with Crippen LogP contribution in [0.5, 0.6) is 5.75 Å². The van der Waals surface area contributed by atoms with Crippen LogP contribution in [0.4, 0.5) is 5.69 Å². The number of methoxy groups -OCH3 is 1. The molecule has 0 unspecified atom stereocenters. The maximum absolute atomic E-state index is 12.5. The number of nitrogens with one attached hydrogen (secondary N) is 1. The molecule has 1 aromatic carbocycles. The molecule has 0 spiro atoms. The minimum Gasteiger partial charge on any atom is -0.495 e. The standard InChI is InChI=1S/C17H26N2O4S/c1-3-4-12-24(21,22)19-11-7-8-14(13-19)17(20)18-15-9-5-6-10-16(15)23-2/h5-6,9-10,14H,3-4,7-8,11-13H2,1-2H3,(H,18,20)/t14-/m0/s1. The van der Waals surface area contributed by atoms with E-state index in [2.05, 4.69) is 5.32 Å². The van der Waals surface area contributed by atoms with Gasteiger partial charge in [-0.15, -0.1) is 0 Å². The lowest BCUT2D eigenvalue weighted by atomic mass is 9.98. The maximum Gasteiger partial charge on any atom is 0.228 e. The van der Waals surface area contributed by atoms with E-state index in [9.17, 15) is 13.2 Å². The zero-order valence-electron chi connectivity index (χ0n) is 14.3. The number of anilines is 1. The molecule has 1 saturated heterocycles. The van der Waals surface area contributed by atoms with Gasteiger partial charge in [-0.1, -0.05) is 25.5 Å². The first kappa shape index (κ1) is 18.7. The predicted octanol–water partition coefficient (Wildman–Crippen LogP) is 2.48. The zero-order valence-corrected chi connectivity index (χ0v) is 15.1. The molecule has 0 saturated carbocycles. The van der Waals surface area contributed by atoms with Crippen molar-refractivity contribution in [1.82, 2.24) is 4.31 Å². The van der Waals surface area contributed by atoms with Crippen LogP contribution in [0, 0.1) is 5.92 Å². The number of rotatable bonds is 7. The minimum absolute atomic E-state index is 0.157. The average molecular weight is 354 g/mol. The molecule has 6 nitrogen and oxygen atoms in total. The summed E-state index contributed by atoms with van der Waals surface area (Å²) in [5.74, 6) is 0.258. The lowest BCUT2D eigenvalue weighted by molar-refractivity contribution is -0.120. The normalized spacial score (nSPS) is 19.0. The van der Waals surface area contributed by atoms with Crippen LogP contribution in [-0.2, 0) is 14.8 Å². The van der Waals surface area contributed by atoms with Crippen LogP contribution in [0.2, 0.25) is 0 Å². The first-order valence-electron chi connectivity index (χ1n) is 8.39.